The Balaban J connectivity index is 1.68. The molecule has 0 unspecified atom stereocenters. The van der Waals surface area contributed by atoms with Gasteiger partial charge in [-0.2, -0.15) is 5.10 Å². The lowest BCUT2D eigenvalue weighted by Crippen LogP contribution is -2.24. The van der Waals surface area contributed by atoms with Crippen LogP contribution >= 0.6 is 11.8 Å². The summed E-state index contributed by atoms with van der Waals surface area (Å²) in [6.45, 7) is 4.45. The Kier molecular flexibility index (Phi) is 6.18. The quantitative estimate of drug-likeness (QED) is 0.630. The first-order valence-corrected chi connectivity index (χ1v) is 9.61. The van der Waals surface area contributed by atoms with Gasteiger partial charge in [-0.15, -0.1) is 10.2 Å². The van der Waals surface area contributed by atoms with Crippen LogP contribution in [0.5, 0.6) is 0 Å². The Morgan fingerprint density at radius 3 is 2.81 bits per heavy atom. The minimum atomic E-state index is -0.248. The maximum absolute atomic E-state index is 13.2. The highest BCUT2D eigenvalue weighted by Crippen LogP contribution is 2.21. The second kappa shape index (κ2) is 8.77. The van der Waals surface area contributed by atoms with Crippen LogP contribution in [0.1, 0.15) is 35.0 Å². The fraction of sp³-hybridized carbons (Fsp3) is 0.263. The molecule has 0 bridgehead atoms. The molecule has 2 aromatic heterocycles. The van der Waals surface area contributed by atoms with E-state index in [9.17, 15) is 9.18 Å². The van der Waals surface area contributed by atoms with Crippen molar-refractivity contribution in [3.8, 4) is 5.82 Å². The smallest absolute Gasteiger partial charge is 0.254 e. The van der Waals surface area contributed by atoms with Gasteiger partial charge in [0, 0.05) is 12.3 Å². The third-order valence-corrected chi connectivity index (χ3v) is 4.90. The number of halogens is 1. The standard InChI is InChI=1S/C19H20FN5OS/c1-3-9-21-19(26)16-11-22-25(13(16)2)17-7-8-18(24-23-17)27-12-14-5-4-6-15(20)10-14/h4-8,10-11H,3,9,12H2,1-2H3,(H,21,26). The van der Waals surface area contributed by atoms with Gasteiger partial charge in [-0.1, -0.05) is 30.8 Å². The van der Waals surface area contributed by atoms with Crippen molar-refractivity contribution >= 4 is 17.7 Å². The van der Waals surface area contributed by atoms with Crippen LogP contribution in [-0.4, -0.2) is 32.4 Å². The number of rotatable bonds is 7. The molecule has 0 atom stereocenters. The van der Waals surface area contributed by atoms with Gasteiger partial charge in [0.15, 0.2) is 5.82 Å². The summed E-state index contributed by atoms with van der Waals surface area (Å²) in [5, 5.41) is 16.2. The van der Waals surface area contributed by atoms with Gasteiger partial charge in [0.05, 0.1) is 17.5 Å². The van der Waals surface area contributed by atoms with Gasteiger partial charge in [-0.3, -0.25) is 4.79 Å². The van der Waals surface area contributed by atoms with Gasteiger partial charge in [-0.25, -0.2) is 9.07 Å². The SMILES string of the molecule is CCCNC(=O)c1cnn(-c2ccc(SCc3cccc(F)c3)nn2)c1C. The number of hydrogen-bond donors (Lipinski definition) is 1. The zero-order chi connectivity index (χ0) is 19.2. The van der Waals surface area contributed by atoms with Crippen LogP contribution in [0.25, 0.3) is 5.82 Å². The summed E-state index contributed by atoms with van der Waals surface area (Å²) in [5.41, 5.74) is 2.12. The summed E-state index contributed by atoms with van der Waals surface area (Å²) in [4.78, 5) is 12.1. The summed E-state index contributed by atoms with van der Waals surface area (Å²) < 4.78 is 14.8. The second-order valence-corrected chi connectivity index (χ2v) is 6.96. The van der Waals surface area contributed by atoms with Crippen molar-refractivity contribution < 1.29 is 9.18 Å². The largest absolute Gasteiger partial charge is 0.352 e. The molecule has 0 saturated heterocycles. The zero-order valence-electron chi connectivity index (χ0n) is 15.1. The molecule has 6 nitrogen and oxygen atoms in total. The predicted molar refractivity (Wildman–Crippen MR) is 102 cm³/mol. The molecule has 0 aliphatic rings. The Morgan fingerprint density at radius 1 is 1.26 bits per heavy atom. The van der Waals surface area contributed by atoms with Crippen LogP contribution < -0.4 is 5.32 Å². The summed E-state index contributed by atoms with van der Waals surface area (Å²) in [6, 6.07) is 10.1. The van der Waals surface area contributed by atoms with E-state index < -0.39 is 0 Å². The molecule has 1 N–H and O–H groups in total. The maximum Gasteiger partial charge on any atom is 0.254 e. The second-order valence-electron chi connectivity index (χ2n) is 5.96. The number of aromatic nitrogens is 4. The van der Waals surface area contributed by atoms with Crippen LogP contribution in [0.2, 0.25) is 0 Å². The molecular weight excluding hydrogens is 365 g/mol. The fourth-order valence-corrected chi connectivity index (χ4v) is 3.24. The monoisotopic (exact) mass is 385 g/mol. The molecule has 0 aliphatic carbocycles. The van der Waals surface area contributed by atoms with E-state index in [1.54, 1.807) is 16.8 Å². The fourth-order valence-electron chi connectivity index (χ4n) is 2.48. The van der Waals surface area contributed by atoms with Crippen LogP contribution in [0.3, 0.4) is 0 Å². The van der Waals surface area contributed by atoms with Gasteiger partial charge in [0.25, 0.3) is 5.91 Å². The highest BCUT2D eigenvalue weighted by atomic mass is 32.2. The average Bonchev–Trinajstić information content (AvgIpc) is 3.06. The van der Waals surface area contributed by atoms with Crippen molar-refractivity contribution in [2.24, 2.45) is 0 Å². The Bertz CT molecular complexity index is 926. The summed E-state index contributed by atoms with van der Waals surface area (Å²) in [6.07, 6.45) is 2.41. The molecule has 0 saturated carbocycles. The molecule has 3 aromatic rings. The molecule has 1 amide bonds. The normalized spacial score (nSPS) is 10.8. The first-order chi connectivity index (χ1) is 13.1. The van der Waals surface area contributed by atoms with Crippen molar-refractivity contribution in [1.29, 1.82) is 0 Å². The van der Waals surface area contributed by atoms with Crippen molar-refractivity contribution in [3.05, 3.63) is 65.2 Å². The molecule has 1 aromatic carbocycles. The number of carbonyl (C=O) groups excluding carboxylic acids is 1. The molecule has 0 radical (unpaired) electrons. The van der Waals surface area contributed by atoms with E-state index in [0.29, 0.717) is 29.4 Å². The van der Waals surface area contributed by atoms with E-state index in [1.807, 2.05) is 26.0 Å². The lowest BCUT2D eigenvalue weighted by Gasteiger charge is -2.06. The maximum atomic E-state index is 13.2. The number of amides is 1. The van der Waals surface area contributed by atoms with Crippen molar-refractivity contribution in [3.63, 3.8) is 0 Å². The molecule has 8 heteroatoms. The molecule has 0 spiro atoms. The van der Waals surface area contributed by atoms with E-state index in [4.69, 9.17) is 0 Å². The molecular formula is C19H20FN5OS. The summed E-state index contributed by atoms with van der Waals surface area (Å²) in [5.74, 6) is 0.754. The number of carbonyl (C=O) groups is 1. The van der Waals surface area contributed by atoms with Gasteiger partial charge >= 0.3 is 0 Å². The third-order valence-electron chi connectivity index (χ3n) is 3.91. The highest BCUT2D eigenvalue weighted by molar-refractivity contribution is 7.98. The van der Waals surface area contributed by atoms with E-state index in [-0.39, 0.29) is 11.7 Å². The molecule has 3 rings (SSSR count). The first-order valence-electron chi connectivity index (χ1n) is 8.62. The molecule has 2 heterocycles. The van der Waals surface area contributed by atoms with Gasteiger partial charge < -0.3 is 5.32 Å². The van der Waals surface area contributed by atoms with Crippen molar-refractivity contribution in [2.75, 3.05) is 6.54 Å². The van der Waals surface area contributed by atoms with Crippen molar-refractivity contribution in [2.45, 2.75) is 31.0 Å². The number of nitrogens with one attached hydrogen (secondary N) is 1. The van der Waals surface area contributed by atoms with E-state index >= 15 is 0 Å². The minimum Gasteiger partial charge on any atom is -0.352 e. The molecule has 0 aliphatic heterocycles. The van der Waals surface area contributed by atoms with Crippen molar-refractivity contribution in [1.82, 2.24) is 25.3 Å². The van der Waals surface area contributed by atoms with E-state index in [0.717, 1.165) is 17.0 Å². The number of thioether (sulfide) groups is 1. The van der Waals surface area contributed by atoms with Crippen LogP contribution in [-0.2, 0) is 5.75 Å². The molecule has 0 fully saturated rings. The van der Waals surface area contributed by atoms with E-state index in [1.165, 1.54) is 30.1 Å². The topological polar surface area (TPSA) is 72.7 Å². The minimum absolute atomic E-state index is 0.143. The summed E-state index contributed by atoms with van der Waals surface area (Å²) in [7, 11) is 0. The highest BCUT2D eigenvalue weighted by Gasteiger charge is 2.15. The van der Waals surface area contributed by atoms with Crippen LogP contribution in [0.15, 0.2) is 47.6 Å². The van der Waals surface area contributed by atoms with Crippen LogP contribution in [0, 0.1) is 12.7 Å². The molecule has 27 heavy (non-hydrogen) atoms. The molecule has 140 valence electrons. The first kappa shape index (κ1) is 19.0. The van der Waals surface area contributed by atoms with Gasteiger partial charge in [0.2, 0.25) is 0 Å². The lowest BCUT2D eigenvalue weighted by molar-refractivity contribution is 0.0953. The Labute approximate surface area is 161 Å². The Morgan fingerprint density at radius 2 is 2.11 bits per heavy atom. The van der Waals surface area contributed by atoms with Crippen LogP contribution in [0.4, 0.5) is 4.39 Å². The van der Waals surface area contributed by atoms with E-state index in [2.05, 4.69) is 20.6 Å². The number of nitrogens with zero attached hydrogens (tertiary/aromatic N) is 4. The average molecular weight is 385 g/mol. The van der Waals surface area contributed by atoms with Gasteiger partial charge in [0.1, 0.15) is 10.8 Å². The van der Waals surface area contributed by atoms with Gasteiger partial charge in [-0.05, 0) is 43.2 Å². The number of hydrogen-bond acceptors (Lipinski definition) is 5. The zero-order valence-corrected chi connectivity index (χ0v) is 16.0. The summed E-state index contributed by atoms with van der Waals surface area (Å²) >= 11 is 1.48. The Hall–Kier alpha value is -2.74. The number of benzene rings is 1. The predicted octanol–water partition coefficient (Wildman–Crippen LogP) is 3.54. The lowest BCUT2D eigenvalue weighted by atomic mass is 10.2. The third kappa shape index (κ3) is 4.71.